The van der Waals surface area contributed by atoms with Gasteiger partial charge in [-0.2, -0.15) is 4.91 Å². The van der Waals surface area contributed by atoms with Crippen molar-refractivity contribution in [2.45, 2.75) is 26.3 Å². The fraction of sp³-hybridized carbons (Fsp3) is 0.500. The van der Waals surface area contributed by atoms with E-state index in [4.69, 9.17) is 9.47 Å². The van der Waals surface area contributed by atoms with Gasteiger partial charge in [0.2, 0.25) is 0 Å². The molecule has 0 spiro atoms. The van der Waals surface area contributed by atoms with Gasteiger partial charge in [0.15, 0.2) is 0 Å². The lowest BCUT2D eigenvalue weighted by Crippen LogP contribution is -2.29. The maximum atomic E-state index is 11.8. The number of fused-ring (bicyclic) bond motifs is 1. The number of hydrogen-bond acceptors (Lipinski definition) is 7. The smallest absolute Gasteiger partial charge is 0.337 e. The molecule has 7 nitrogen and oxygen atoms in total. The van der Waals surface area contributed by atoms with Crippen LogP contribution in [0.1, 0.15) is 20.8 Å². The average molecular weight is 293 g/mol. The van der Waals surface area contributed by atoms with Gasteiger partial charge in [0, 0.05) is 6.54 Å². The molecule has 2 rings (SSSR count). The summed E-state index contributed by atoms with van der Waals surface area (Å²) >= 11 is 0. The van der Waals surface area contributed by atoms with Crippen LogP contribution in [-0.2, 0) is 14.3 Å². The van der Waals surface area contributed by atoms with Gasteiger partial charge in [-0.1, -0.05) is 5.18 Å². The highest BCUT2D eigenvalue weighted by Gasteiger charge is 2.28. The highest BCUT2D eigenvalue weighted by Crippen LogP contribution is 2.24. The molecule has 0 aliphatic carbocycles. The van der Waals surface area contributed by atoms with Crippen LogP contribution in [0.15, 0.2) is 40.6 Å². The van der Waals surface area contributed by atoms with E-state index in [-0.39, 0.29) is 12.6 Å². The van der Waals surface area contributed by atoms with Crippen molar-refractivity contribution in [2.24, 2.45) is 5.18 Å². The standard InChI is InChI=1S/C14H19N3O4/c1-4-20-13(18)11-7-15-17-8-10(5-6-12(11)17)21-9-14(2,3)16-19/h5-6,8,15H,4,7,9H2,1-3H3. The normalized spacial score (nSPS) is 17.5. The van der Waals surface area contributed by atoms with Crippen molar-refractivity contribution >= 4 is 5.97 Å². The second kappa shape index (κ2) is 6.09. The Kier molecular flexibility index (Phi) is 4.42. The molecule has 0 radical (unpaired) electrons. The molecule has 0 aromatic rings. The van der Waals surface area contributed by atoms with Gasteiger partial charge in [0.25, 0.3) is 0 Å². The molecule has 7 heteroatoms. The Morgan fingerprint density at radius 3 is 2.90 bits per heavy atom. The minimum Gasteiger partial charge on any atom is -0.489 e. The monoisotopic (exact) mass is 293 g/mol. The topological polar surface area (TPSA) is 80.2 Å². The molecule has 0 bridgehead atoms. The molecule has 0 saturated heterocycles. The van der Waals surface area contributed by atoms with E-state index in [1.807, 2.05) is 0 Å². The van der Waals surface area contributed by atoms with Gasteiger partial charge in [0.05, 0.1) is 24.1 Å². The highest BCUT2D eigenvalue weighted by atomic mass is 16.5. The summed E-state index contributed by atoms with van der Waals surface area (Å²) < 4.78 is 10.6. The van der Waals surface area contributed by atoms with E-state index in [0.29, 0.717) is 24.5 Å². The zero-order chi connectivity index (χ0) is 15.5. The lowest BCUT2D eigenvalue weighted by Gasteiger charge is -2.23. The first-order valence-electron chi connectivity index (χ1n) is 6.77. The number of rotatable bonds is 6. The van der Waals surface area contributed by atoms with Crippen molar-refractivity contribution in [1.82, 2.24) is 10.4 Å². The number of nitrogens with zero attached hydrogens (tertiary/aromatic N) is 2. The third-order valence-corrected chi connectivity index (χ3v) is 3.02. The van der Waals surface area contributed by atoms with E-state index in [2.05, 4.69) is 10.6 Å². The fourth-order valence-corrected chi connectivity index (χ4v) is 1.88. The Labute approximate surface area is 123 Å². The molecule has 2 aliphatic heterocycles. The molecule has 0 atom stereocenters. The molecule has 2 aliphatic rings. The second-order valence-corrected chi connectivity index (χ2v) is 5.35. The van der Waals surface area contributed by atoms with Crippen molar-refractivity contribution < 1.29 is 14.3 Å². The predicted molar refractivity (Wildman–Crippen MR) is 76.5 cm³/mol. The summed E-state index contributed by atoms with van der Waals surface area (Å²) in [7, 11) is 0. The van der Waals surface area contributed by atoms with Crippen LogP contribution in [0.2, 0.25) is 0 Å². The molecule has 0 aromatic carbocycles. The Morgan fingerprint density at radius 2 is 2.24 bits per heavy atom. The van der Waals surface area contributed by atoms with Gasteiger partial charge < -0.3 is 9.47 Å². The molecule has 2 heterocycles. The Hall–Kier alpha value is -2.15. The van der Waals surface area contributed by atoms with E-state index in [1.54, 1.807) is 44.1 Å². The van der Waals surface area contributed by atoms with E-state index >= 15 is 0 Å². The molecule has 21 heavy (non-hydrogen) atoms. The summed E-state index contributed by atoms with van der Waals surface area (Å²) in [5, 5.41) is 4.71. The molecule has 0 aromatic heterocycles. The first-order valence-corrected chi connectivity index (χ1v) is 6.77. The minimum atomic E-state index is -0.778. The second-order valence-electron chi connectivity index (χ2n) is 5.35. The van der Waals surface area contributed by atoms with E-state index < -0.39 is 5.54 Å². The van der Waals surface area contributed by atoms with Crippen LogP contribution in [-0.4, -0.2) is 36.3 Å². The van der Waals surface area contributed by atoms with Gasteiger partial charge in [-0.25, -0.2) is 10.2 Å². The number of carbonyl (C=O) groups excluding carboxylic acids is 1. The average Bonchev–Trinajstić information content (AvgIpc) is 2.88. The maximum absolute atomic E-state index is 11.8. The predicted octanol–water partition coefficient (Wildman–Crippen LogP) is 1.60. The number of allylic oxidation sites excluding steroid dienone is 2. The Morgan fingerprint density at radius 1 is 1.48 bits per heavy atom. The van der Waals surface area contributed by atoms with Crippen molar-refractivity contribution in [2.75, 3.05) is 19.8 Å². The number of nitrogens with one attached hydrogen (secondary N) is 1. The summed E-state index contributed by atoms with van der Waals surface area (Å²) in [4.78, 5) is 22.4. The number of hydrogen-bond donors (Lipinski definition) is 1. The third-order valence-electron chi connectivity index (χ3n) is 3.02. The van der Waals surface area contributed by atoms with Crippen molar-refractivity contribution in [3.05, 3.63) is 40.3 Å². The maximum Gasteiger partial charge on any atom is 0.337 e. The molecule has 0 unspecified atom stereocenters. The van der Waals surface area contributed by atoms with Crippen LogP contribution >= 0.6 is 0 Å². The van der Waals surface area contributed by atoms with Gasteiger partial charge in [-0.3, -0.25) is 5.01 Å². The quantitative estimate of drug-likeness (QED) is 0.592. The lowest BCUT2D eigenvalue weighted by molar-refractivity contribution is -0.138. The van der Waals surface area contributed by atoms with Crippen LogP contribution in [0.25, 0.3) is 0 Å². The molecule has 0 amide bonds. The highest BCUT2D eigenvalue weighted by molar-refractivity contribution is 5.91. The van der Waals surface area contributed by atoms with Gasteiger partial charge in [-0.15, -0.1) is 0 Å². The van der Waals surface area contributed by atoms with E-state index in [0.717, 1.165) is 5.70 Å². The Balaban J connectivity index is 2.05. The zero-order valence-corrected chi connectivity index (χ0v) is 12.4. The summed E-state index contributed by atoms with van der Waals surface area (Å²) in [5.74, 6) is 0.268. The summed E-state index contributed by atoms with van der Waals surface area (Å²) in [6.07, 6.45) is 5.25. The van der Waals surface area contributed by atoms with Crippen molar-refractivity contribution in [3.63, 3.8) is 0 Å². The molecule has 0 saturated carbocycles. The first-order chi connectivity index (χ1) is 9.96. The van der Waals surface area contributed by atoms with E-state index in [9.17, 15) is 9.70 Å². The van der Waals surface area contributed by atoms with Crippen LogP contribution < -0.4 is 5.43 Å². The number of esters is 1. The fourth-order valence-electron chi connectivity index (χ4n) is 1.88. The van der Waals surface area contributed by atoms with Crippen LogP contribution in [0.5, 0.6) is 0 Å². The minimum absolute atomic E-state index is 0.185. The third kappa shape index (κ3) is 3.49. The van der Waals surface area contributed by atoms with Crippen LogP contribution in [0, 0.1) is 4.91 Å². The summed E-state index contributed by atoms with van der Waals surface area (Å²) in [6, 6.07) is 0. The van der Waals surface area contributed by atoms with E-state index in [1.165, 1.54) is 0 Å². The largest absolute Gasteiger partial charge is 0.489 e. The Bertz CT molecular complexity index is 534. The number of ether oxygens (including phenoxy) is 2. The van der Waals surface area contributed by atoms with Gasteiger partial charge in [-0.05, 0) is 32.9 Å². The van der Waals surface area contributed by atoms with Crippen molar-refractivity contribution in [3.8, 4) is 0 Å². The van der Waals surface area contributed by atoms with Gasteiger partial charge >= 0.3 is 5.97 Å². The summed E-state index contributed by atoms with van der Waals surface area (Å²) in [6.45, 7) is 6.11. The zero-order valence-electron chi connectivity index (χ0n) is 12.4. The number of hydrazine groups is 1. The number of nitroso groups, excluding NO2 is 1. The van der Waals surface area contributed by atoms with Crippen LogP contribution in [0.3, 0.4) is 0 Å². The first kappa shape index (κ1) is 15.2. The molecule has 0 fully saturated rings. The number of carbonyl (C=O) groups is 1. The molecular weight excluding hydrogens is 274 g/mol. The van der Waals surface area contributed by atoms with Gasteiger partial charge in [0.1, 0.15) is 17.9 Å². The van der Waals surface area contributed by atoms with Crippen LogP contribution in [0.4, 0.5) is 0 Å². The lowest BCUT2D eigenvalue weighted by atomic mass is 10.1. The molecular formula is C14H19N3O4. The molecule has 114 valence electrons. The summed E-state index contributed by atoms with van der Waals surface area (Å²) in [5.41, 5.74) is 3.60. The SMILES string of the molecule is CCOC(=O)C1=C2C=CC(OCC(C)(C)N=O)=CN2NC1. The van der Waals surface area contributed by atoms with Crippen molar-refractivity contribution in [1.29, 1.82) is 0 Å². The molecule has 1 N–H and O–H groups in total.